The molecule has 0 rings (SSSR count). The predicted octanol–water partition coefficient (Wildman–Crippen LogP) is 3.28. The minimum Gasteiger partial charge on any atom is -0.345 e. The van der Waals surface area contributed by atoms with Gasteiger partial charge in [-0.2, -0.15) is 0 Å². The molecule has 0 saturated carbocycles. The highest BCUT2D eigenvalue weighted by Gasteiger charge is 2.25. The van der Waals surface area contributed by atoms with E-state index in [1.807, 2.05) is 11.9 Å². The largest absolute Gasteiger partial charge is 0.345 e. The second-order valence-electron chi connectivity index (χ2n) is 7.99. The van der Waals surface area contributed by atoms with Gasteiger partial charge >= 0.3 is 0 Å². The molecule has 1 unspecified atom stereocenters. The average Bonchev–Trinajstić information content (AvgIpc) is 2.19. The van der Waals surface area contributed by atoms with Crippen molar-refractivity contribution in [2.24, 2.45) is 22.5 Å². The molecule has 0 spiro atoms. The molecule has 0 aliphatic rings. The molecule has 0 aromatic rings. The minimum atomic E-state index is 0.158. The van der Waals surface area contributed by atoms with Gasteiger partial charge in [-0.1, -0.05) is 41.5 Å². The molecule has 1 amide bonds. The summed E-state index contributed by atoms with van der Waals surface area (Å²) in [6.45, 7) is 14.7. The molecule has 3 nitrogen and oxygen atoms in total. The van der Waals surface area contributed by atoms with Crippen LogP contribution in [-0.4, -0.2) is 30.9 Å². The van der Waals surface area contributed by atoms with Crippen LogP contribution >= 0.6 is 0 Å². The number of hydrogen-bond donors (Lipinski definition) is 1. The lowest BCUT2D eigenvalue weighted by atomic mass is 9.76. The van der Waals surface area contributed by atoms with Crippen LogP contribution in [0.4, 0.5) is 0 Å². The van der Waals surface area contributed by atoms with Gasteiger partial charge in [0.25, 0.3) is 0 Å². The zero-order chi connectivity index (χ0) is 15.3. The van der Waals surface area contributed by atoms with Crippen LogP contribution in [0.25, 0.3) is 0 Å². The fourth-order valence-electron chi connectivity index (χ4n) is 2.50. The van der Waals surface area contributed by atoms with Gasteiger partial charge in [-0.3, -0.25) is 4.79 Å². The van der Waals surface area contributed by atoms with E-state index in [4.69, 9.17) is 5.73 Å². The quantitative estimate of drug-likeness (QED) is 0.805. The maximum Gasteiger partial charge on any atom is 0.222 e. The second kappa shape index (κ2) is 7.28. The van der Waals surface area contributed by atoms with Crippen molar-refractivity contribution < 1.29 is 4.79 Å². The first kappa shape index (κ1) is 18.4. The van der Waals surface area contributed by atoms with Gasteiger partial charge in [0, 0.05) is 20.0 Å². The Morgan fingerprint density at radius 3 is 2.00 bits per heavy atom. The lowest BCUT2D eigenvalue weighted by molar-refractivity contribution is -0.131. The molecule has 0 bridgehead atoms. The maximum atomic E-state index is 12.2. The Balaban J connectivity index is 4.33. The number of rotatable bonds is 6. The van der Waals surface area contributed by atoms with Gasteiger partial charge in [0.2, 0.25) is 5.91 Å². The van der Waals surface area contributed by atoms with E-state index in [2.05, 4.69) is 41.5 Å². The topological polar surface area (TPSA) is 46.3 Å². The van der Waals surface area contributed by atoms with Crippen molar-refractivity contribution in [3.05, 3.63) is 0 Å². The number of nitrogens with two attached hydrogens (primary N) is 1. The third kappa shape index (κ3) is 8.25. The first-order valence-electron chi connectivity index (χ1n) is 7.41. The van der Waals surface area contributed by atoms with E-state index in [9.17, 15) is 4.79 Å². The van der Waals surface area contributed by atoms with E-state index in [0.29, 0.717) is 18.9 Å². The molecule has 0 aromatic carbocycles. The lowest BCUT2D eigenvalue weighted by Gasteiger charge is -2.32. The Morgan fingerprint density at radius 1 is 1.11 bits per heavy atom. The Hall–Kier alpha value is -0.570. The minimum absolute atomic E-state index is 0.158. The van der Waals surface area contributed by atoms with Gasteiger partial charge in [0.1, 0.15) is 0 Å². The Kier molecular flexibility index (Phi) is 7.06. The number of hydrogen-bond acceptors (Lipinski definition) is 2. The summed E-state index contributed by atoms with van der Waals surface area (Å²) in [6.07, 6.45) is 2.57. The van der Waals surface area contributed by atoms with Gasteiger partial charge in [-0.25, -0.2) is 0 Å². The molecule has 0 aromatic heterocycles. The number of amides is 1. The van der Waals surface area contributed by atoms with Crippen LogP contribution in [0.1, 0.15) is 60.8 Å². The summed E-state index contributed by atoms with van der Waals surface area (Å²) in [6, 6.07) is 0. The van der Waals surface area contributed by atoms with E-state index in [0.717, 1.165) is 19.4 Å². The van der Waals surface area contributed by atoms with Crippen molar-refractivity contribution in [3.63, 3.8) is 0 Å². The SMILES string of the molecule is CN(CC(C)(C)C)C(=O)CCC(CCN)C(C)(C)C. The van der Waals surface area contributed by atoms with Crippen molar-refractivity contribution in [1.29, 1.82) is 0 Å². The van der Waals surface area contributed by atoms with Gasteiger partial charge < -0.3 is 10.6 Å². The fraction of sp³-hybridized carbons (Fsp3) is 0.938. The summed E-state index contributed by atoms with van der Waals surface area (Å²) in [5.41, 5.74) is 6.06. The van der Waals surface area contributed by atoms with E-state index in [1.54, 1.807) is 0 Å². The zero-order valence-electron chi connectivity index (χ0n) is 14.0. The van der Waals surface area contributed by atoms with Crippen molar-refractivity contribution in [1.82, 2.24) is 4.90 Å². The molecule has 0 aliphatic carbocycles. The molecule has 1 atom stereocenters. The van der Waals surface area contributed by atoms with Crippen LogP contribution in [-0.2, 0) is 4.79 Å². The third-order valence-electron chi connectivity index (χ3n) is 3.58. The van der Waals surface area contributed by atoms with Crippen molar-refractivity contribution in [2.75, 3.05) is 20.1 Å². The molecule has 0 aliphatic heterocycles. The van der Waals surface area contributed by atoms with Gasteiger partial charge in [-0.05, 0) is 36.1 Å². The van der Waals surface area contributed by atoms with Gasteiger partial charge in [0.15, 0.2) is 0 Å². The van der Waals surface area contributed by atoms with E-state index in [-0.39, 0.29) is 16.7 Å². The first-order chi connectivity index (χ1) is 8.47. The van der Waals surface area contributed by atoms with Crippen molar-refractivity contribution >= 4 is 5.91 Å². The maximum absolute atomic E-state index is 12.2. The number of carbonyl (C=O) groups is 1. The number of carbonyl (C=O) groups excluding carboxylic acids is 1. The molecule has 0 saturated heterocycles. The molecular formula is C16H34N2O. The molecule has 19 heavy (non-hydrogen) atoms. The Morgan fingerprint density at radius 2 is 1.63 bits per heavy atom. The summed E-state index contributed by atoms with van der Waals surface area (Å²) in [7, 11) is 1.91. The molecular weight excluding hydrogens is 236 g/mol. The molecule has 3 heteroatoms. The molecule has 0 radical (unpaired) electrons. The van der Waals surface area contributed by atoms with Gasteiger partial charge in [-0.15, -0.1) is 0 Å². The molecule has 2 N–H and O–H groups in total. The highest BCUT2D eigenvalue weighted by Crippen LogP contribution is 2.32. The van der Waals surface area contributed by atoms with Crippen LogP contribution in [0.2, 0.25) is 0 Å². The third-order valence-corrected chi connectivity index (χ3v) is 3.58. The van der Waals surface area contributed by atoms with Crippen LogP contribution in [0.5, 0.6) is 0 Å². The predicted molar refractivity (Wildman–Crippen MR) is 82.9 cm³/mol. The Labute approximate surface area is 119 Å². The first-order valence-corrected chi connectivity index (χ1v) is 7.41. The standard InChI is InChI=1S/C16H34N2O/c1-15(2,3)12-18(7)14(19)9-8-13(10-11-17)16(4,5)6/h13H,8-12,17H2,1-7H3. The summed E-state index contributed by atoms with van der Waals surface area (Å²) >= 11 is 0. The molecule has 0 fully saturated rings. The highest BCUT2D eigenvalue weighted by molar-refractivity contribution is 5.75. The second-order valence-corrected chi connectivity index (χ2v) is 7.99. The monoisotopic (exact) mass is 270 g/mol. The van der Waals surface area contributed by atoms with Gasteiger partial charge in [0.05, 0.1) is 0 Å². The van der Waals surface area contributed by atoms with E-state index >= 15 is 0 Å². The molecule has 114 valence electrons. The summed E-state index contributed by atoms with van der Waals surface area (Å²) < 4.78 is 0. The molecule has 0 heterocycles. The Bertz CT molecular complexity index is 273. The smallest absolute Gasteiger partial charge is 0.222 e. The fourth-order valence-corrected chi connectivity index (χ4v) is 2.50. The highest BCUT2D eigenvalue weighted by atomic mass is 16.2. The summed E-state index contributed by atoms with van der Waals surface area (Å²) in [5.74, 6) is 0.769. The van der Waals surface area contributed by atoms with Crippen LogP contribution in [0, 0.1) is 16.7 Å². The lowest BCUT2D eigenvalue weighted by Crippen LogP contribution is -2.35. The van der Waals surface area contributed by atoms with Crippen molar-refractivity contribution in [2.45, 2.75) is 60.8 Å². The van der Waals surface area contributed by atoms with Crippen LogP contribution in [0.15, 0.2) is 0 Å². The normalized spacial score (nSPS) is 14.3. The average molecular weight is 270 g/mol. The van der Waals surface area contributed by atoms with E-state index in [1.165, 1.54) is 0 Å². The van der Waals surface area contributed by atoms with Crippen molar-refractivity contribution in [3.8, 4) is 0 Å². The summed E-state index contributed by atoms with van der Waals surface area (Å²) in [5, 5.41) is 0. The van der Waals surface area contributed by atoms with Crippen LogP contribution in [0.3, 0.4) is 0 Å². The zero-order valence-corrected chi connectivity index (χ0v) is 14.0. The summed E-state index contributed by atoms with van der Waals surface area (Å²) in [4.78, 5) is 14.0. The number of nitrogens with zero attached hydrogens (tertiary/aromatic N) is 1. The van der Waals surface area contributed by atoms with E-state index < -0.39 is 0 Å². The van der Waals surface area contributed by atoms with Crippen LogP contribution < -0.4 is 5.73 Å².